The second-order valence-corrected chi connectivity index (χ2v) is 5.54. The predicted octanol–water partition coefficient (Wildman–Crippen LogP) is 4.01. The van der Waals surface area contributed by atoms with Crippen LogP contribution in [-0.2, 0) is 13.2 Å². The molecule has 0 fully saturated rings. The van der Waals surface area contributed by atoms with Crippen molar-refractivity contribution in [2.45, 2.75) is 13.2 Å². The number of hydrogen-bond acceptors (Lipinski definition) is 4. The molecule has 0 atom stereocenters. The van der Waals surface area contributed by atoms with Gasteiger partial charge in [0.1, 0.15) is 24.7 Å². The molecule has 3 aromatic rings. The van der Waals surface area contributed by atoms with Crippen LogP contribution in [0.2, 0.25) is 0 Å². The molecular formula is C20H20N2O2. The summed E-state index contributed by atoms with van der Waals surface area (Å²) in [6.45, 7) is 0.976. The first-order valence-electron chi connectivity index (χ1n) is 7.73. The lowest BCUT2D eigenvalue weighted by Crippen LogP contribution is -1.98. The average Bonchev–Trinajstić information content (AvgIpc) is 2.61. The van der Waals surface area contributed by atoms with E-state index in [1.807, 2.05) is 72.8 Å². The summed E-state index contributed by atoms with van der Waals surface area (Å²) in [5.74, 6) is 1.53. The molecule has 0 radical (unpaired) electrons. The molecule has 4 heteroatoms. The number of rotatable bonds is 6. The largest absolute Gasteiger partial charge is 0.489 e. The van der Waals surface area contributed by atoms with Crippen LogP contribution >= 0.6 is 0 Å². The standard InChI is InChI=1S/C20H20N2O2/c21-17-8-4-15(5-9-17)13-23-19-2-1-3-20(12-19)24-14-16-6-10-18(22)11-7-16/h1-12H,13-14,21-22H2. The van der Waals surface area contributed by atoms with Crippen molar-refractivity contribution in [2.24, 2.45) is 0 Å². The van der Waals surface area contributed by atoms with Gasteiger partial charge >= 0.3 is 0 Å². The van der Waals surface area contributed by atoms with E-state index in [0.717, 1.165) is 34.0 Å². The summed E-state index contributed by atoms with van der Waals surface area (Å²) in [5, 5.41) is 0. The molecule has 24 heavy (non-hydrogen) atoms. The van der Waals surface area contributed by atoms with E-state index in [1.54, 1.807) is 0 Å². The quantitative estimate of drug-likeness (QED) is 0.673. The Kier molecular flexibility index (Phi) is 4.87. The number of hydrogen-bond donors (Lipinski definition) is 2. The Morgan fingerprint density at radius 1 is 0.583 bits per heavy atom. The topological polar surface area (TPSA) is 70.5 Å². The van der Waals surface area contributed by atoms with E-state index >= 15 is 0 Å². The van der Waals surface area contributed by atoms with Gasteiger partial charge in [0.2, 0.25) is 0 Å². The highest BCUT2D eigenvalue weighted by molar-refractivity contribution is 5.40. The minimum atomic E-state index is 0.488. The lowest BCUT2D eigenvalue weighted by molar-refractivity contribution is 0.290. The van der Waals surface area contributed by atoms with Gasteiger partial charge in [0, 0.05) is 17.4 Å². The molecule has 0 aliphatic rings. The molecule has 0 aliphatic carbocycles. The van der Waals surface area contributed by atoms with Gasteiger partial charge in [-0.3, -0.25) is 0 Å². The van der Waals surface area contributed by atoms with E-state index < -0.39 is 0 Å². The summed E-state index contributed by atoms with van der Waals surface area (Å²) >= 11 is 0. The van der Waals surface area contributed by atoms with Crippen LogP contribution in [0.25, 0.3) is 0 Å². The van der Waals surface area contributed by atoms with Crippen molar-refractivity contribution in [3.63, 3.8) is 0 Å². The Morgan fingerprint density at radius 3 is 1.42 bits per heavy atom. The Hall–Kier alpha value is -3.14. The van der Waals surface area contributed by atoms with Crippen LogP contribution in [0.15, 0.2) is 72.8 Å². The molecule has 0 heterocycles. The molecule has 3 rings (SSSR count). The van der Waals surface area contributed by atoms with Gasteiger partial charge in [-0.15, -0.1) is 0 Å². The molecule has 0 amide bonds. The maximum Gasteiger partial charge on any atom is 0.123 e. The minimum Gasteiger partial charge on any atom is -0.489 e. The monoisotopic (exact) mass is 320 g/mol. The van der Waals surface area contributed by atoms with E-state index in [2.05, 4.69) is 0 Å². The fourth-order valence-corrected chi connectivity index (χ4v) is 2.21. The zero-order valence-electron chi connectivity index (χ0n) is 13.3. The summed E-state index contributed by atoms with van der Waals surface area (Å²) in [5.41, 5.74) is 15.0. The van der Waals surface area contributed by atoms with Gasteiger partial charge in [0.15, 0.2) is 0 Å². The van der Waals surface area contributed by atoms with Crippen molar-refractivity contribution in [3.8, 4) is 11.5 Å². The predicted molar refractivity (Wildman–Crippen MR) is 96.8 cm³/mol. The molecule has 122 valence electrons. The van der Waals surface area contributed by atoms with Crippen molar-refractivity contribution in [3.05, 3.63) is 83.9 Å². The summed E-state index contributed by atoms with van der Waals surface area (Å²) in [6.07, 6.45) is 0. The lowest BCUT2D eigenvalue weighted by Gasteiger charge is -2.10. The minimum absolute atomic E-state index is 0.488. The van der Waals surface area contributed by atoms with Crippen molar-refractivity contribution in [2.75, 3.05) is 11.5 Å². The Bertz CT molecular complexity index is 719. The third-order valence-electron chi connectivity index (χ3n) is 3.58. The first-order valence-corrected chi connectivity index (χ1v) is 7.73. The molecule has 4 nitrogen and oxygen atoms in total. The molecule has 3 aromatic carbocycles. The second kappa shape index (κ2) is 7.42. The molecule has 0 spiro atoms. The third kappa shape index (κ3) is 4.43. The van der Waals surface area contributed by atoms with Gasteiger partial charge in [-0.2, -0.15) is 0 Å². The smallest absolute Gasteiger partial charge is 0.123 e. The first-order chi connectivity index (χ1) is 11.7. The summed E-state index contributed by atoms with van der Waals surface area (Å²) < 4.78 is 11.6. The van der Waals surface area contributed by atoms with Crippen LogP contribution in [0, 0.1) is 0 Å². The van der Waals surface area contributed by atoms with Crippen molar-refractivity contribution < 1.29 is 9.47 Å². The zero-order valence-corrected chi connectivity index (χ0v) is 13.3. The second-order valence-electron chi connectivity index (χ2n) is 5.54. The molecule has 0 saturated heterocycles. The maximum absolute atomic E-state index is 5.80. The SMILES string of the molecule is Nc1ccc(COc2cccc(OCc3ccc(N)cc3)c2)cc1. The molecule has 0 saturated carbocycles. The summed E-state index contributed by atoms with van der Waals surface area (Å²) in [6, 6.07) is 22.9. The van der Waals surface area contributed by atoms with Gasteiger partial charge in [0.05, 0.1) is 0 Å². The van der Waals surface area contributed by atoms with Crippen molar-refractivity contribution in [1.82, 2.24) is 0 Å². The van der Waals surface area contributed by atoms with Crippen LogP contribution in [0.1, 0.15) is 11.1 Å². The lowest BCUT2D eigenvalue weighted by atomic mass is 10.2. The Morgan fingerprint density at radius 2 is 1.00 bits per heavy atom. The zero-order chi connectivity index (χ0) is 16.8. The highest BCUT2D eigenvalue weighted by atomic mass is 16.5. The van der Waals surface area contributed by atoms with E-state index in [0.29, 0.717) is 13.2 Å². The molecular weight excluding hydrogens is 300 g/mol. The molecule has 0 aliphatic heterocycles. The van der Waals surface area contributed by atoms with Gasteiger partial charge in [-0.25, -0.2) is 0 Å². The summed E-state index contributed by atoms with van der Waals surface area (Å²) in [4.78, 5) is 0. The highest BCUT2D eigenvalue weighted by Crippen LogP contribution is 2.21. The van der Waals surface area contributed by atoms with E-state index in [-0.39, 0.29) is 0 Å². The highest BCUT2D eigenvalue weighted by Gasteiger charge is 2.01. The number of nitrogens with two attached hydrogens (primary N) is 2. The fourth-order valence-electron chi connectivity index (χ4n) is 2.21. The molecule has 0 aromatic heterocycles. The molecule has 4 N–H and O–H groups in total. The Labute approximate surface area is 141 Å². The number of nitrogen functional groups attached to an aromatic ring is 2. The average molecular weight is 320 g/mol. The number of anilines is 2. The first kappa shape index (κ1) is 15.7. The van der Waals surface area contributed by atoms with E-state index in [4.69, 9.17) is 20.9 Å². The van der Waals surface area contributed by atoms with Crippen LogP contribution in [0.5, 0.6) is 11.5 Å². The molecule has 0 unspecified atom stereocenters. The van der Waals surface area contributed by atoms with Crippen molar-refractivity contribution in [1.29, 1.82) is 0 Å². The van der Waals surface area contributed by atoms with Gasteiger partial charge < -0.3 is 20.9 Å². The van der Waals surface area contributed by atoms with Crippen molar-refractivity contribution >= 4 is 11.4 Å². The van der Waals surface area contributed by atoms with Crippen LogP contribution in [0.4, 0.5) is 11.4 Å². The van der Waals surface area contributed by atoms with Gasteiger partial charge in [0.25, 0.3) is 0 Å². The third-order valence-corrected chi connectivity index (χ3v) is 3.58. The normalized spacial score (nSPS) is 10.3. The number of ether oxygens (including phenoxy) is 2. The maximum atomic E-state index is 5.80. The Balaban J connectivity index is 1.57. The van der Waals surface area contributed by atoms with Crippen LogP contribution in [-0.4, -0.2) is 0 Å². The van der Waals surface area contributed by atoms with Gasteiger partial charge in [-0.1, -0.05) is 30.3 Å². The van der Waals surface area contributed by atoms with E-state index in [1.165, 1.54) is 0 Å². The van der Waals surface area contributed by atoms with Gasteiger partial charge in [-0.05, 0) is 47.5 Å². The van der Waals surface area contributed by atoms with E-state index in [9.17, 15) is 0 Å². The summed E-state index contributed by atoms with van der Waals surface area (Å²) in [7, 11) is 0. The van der Waals surface area contributed by atoms with Crippen LogP contribution < -0.4 is 20.9 Å². The molecule has 0 bridgehead atoms. The van der Waals surface area contributed by atoms with Crippen LogP contribution in [0.3, 0.4) is 0 Å². The number of benzene rings is 3. The fraction of sp³-hybridized carbons (Fsp3) is 0.100.